The number of amides is 2. The van der Waals surface area contributed by atoms with Gasteiger partial charge >= 0.3 is 0 Å². The summed E-state index contributed by atoms with van der Waals surface area (Å²) in [6.45, 7) is 4.11. The fraction of sp³-hybridized carbons (Fsp3) is 0.273. The molecule has 10 heteroatoms. The normalized spacial score (nSPS) is 12.9. The number of thioether (sulfide) groups is 1. The number of aromatic nitrogens is 3. The molecule has 0 aliphatic heterocycles. The first-order valence-electron chi connectivity index (χ1n) is 10.2. The monoisotopic (exact) mass is 471 g/mol. The number of thiophene rings is 1. The molecule has 3 N–H and O–H groups in total. The number of aryl methyl sites for hydroxylation is 1. The van der Waals surface area contributed by atoms with Crippen LogP contribution >= 0.6 is 23.1 Å². The van der Waals surface area contributed by atoms with Crippen molar-refractivity contribution in [2.45, 2.75) is 37.4 Å². The number of benzene rings is 1. The van der Waals surface area contributed by atoms with Gasteiger partial charge in [-0.05, 0) is 43.4 Å². The molecule has 0 spiro atoms. The lowest BCUT2D eigenvalue weighted by Crippen LogP contribution is -2.19. The van der Waals surface area contributed by atoms with Crippen LogP contribution in [-0.4, -0.2) is 32.3 Å². The van der Waals surface area contributed by atoms with E-state index in [0.29, 0.717) is 33.7 Å². The fourth-order valence-electron chi connectivity index (χ4n) is 3.74. The molecule has 32 heavy (non-hydrogen) atoms. The number of nitrogens with two attached hydrogens (primary N) is 1. The van der Waals surface area contributed by atoms with Crippen LogP contribution in [0.15, 0.2) is 42.1 Å². The minimum atomic E-state index is -0.521. The zero-order valence-corrected chi connectivity index (χ0v) is 18.9. The minimum Gasteiger partial charge on any atom is -0.365 e. The molecule has 3 aromatic rings. The number of carbonyl (C=O) groups is 2. The third-order valence-electron chi connectivity index (χ3n) is 5.15. The van der Waals surface area contributed by atoms with Crippen molar-refractivity contribution in [1.29, 1.82) is 0 Å². The van der Waals surface area contributed by atoms with Crippen molar-refractivity contribution in [2.75, 3.05) is 11.1 Å². The summed E-state index contributed by atoms with van der Waals surface area (Å²) in [6.07, 6.45) is 5.44. The molecule has 2 heterocycles. The van der Waals surface area contributed by atoms with Gasteiger partial charge in [-0.2, -0.15) is 0 Å². The molecular weight excluding hydrogens is 449 g/mol. The molecule has 7 nitrogen and oxygen atoms in total. The van der Waals surface area contributed by atoms with Gasteiger partial charge in [-0.3, -0.25) is 14.2 Å². The molecule has 0 saturated carbocycles. The second-order valence-electron chi connectivity index (χ2n) is 7.30. The molecule has 0 fully saturated rings. The lowest BCUT2D eigenvalue weighted by molar-refractivity contribution is -0.113. The molecule has 0 bridgehead atoms. The Kier molecular flexibility index (Phi) is 6.71. The first-order valence-corrected chi connectivity index (χ1v) is 12.0. The third kappa shape index (κ3) is 4.46. The number of rotatable bonds is 8. The first kappa shape index (κ1) is 22.2. The van der Waals surface area contributed by atoms with Crippen molar-refractivity contribution >= 4 is 39.9 Å². The van der Waals surface area contributed by atoms with E-state index in [1.54, 1.807) is 28.8 Å². The maximum atomic E-state index is 14.2. The highest BCUT2D eigenvalue weighted by Gasteiger charge is 2.25. The van der Waals surface area contributed by atoms with Gasteiger partial charge < -0.3 is 11.1 Å². The zero-order valence-electron chi connectivity index (χ0n) is 17.3. The highest BCUT2D eigenvalue weighted by molar-refractivity contribution is 7.99. The number of anilines is 1. The summed E-state index contributed by atoms with van der Waals surface area (Å²) >= 11 is 2.60. The Morgan fingerprint density at radius 3 is 2.81 bits per heavy atom. The summed E-state index contributed by atoms with van der Waals surface area (Å²) in [5.74, 6) is -0.787. The summed E-state index contributed by atoms with van der Waals surface area (Å²) in [7, 11) is 0. The molecule has 0 radical (unpaired) electrons. The van der Waals surface area contributed by atoms with E-state index >= 15 is 0 Å². The van der Waals surface area contributed by atoms with Crippen molar-refractivity contribution in [3.05, 3.63) is 58.7 Å². The molecule has 1 aromatic carbocycles. The molecule has 1 aliphatic carbocycles. The second kappa shape index (κ2) is 9.66. The van der Waals surface area contributed by atoms with Gasteiger partial charge in [0.05, 0.1) is 16.9 Å². The quantitative estimate of drug-likeness (QED) is 0.381. The molecule has 1 aliphatic rings. The zero-order chi connectivity index (χ0) is 22.7. The van der Waals surface area contributed by atoms with Crippen LogP contribution in [0.4, 0.5) is 9.39 Å². The van der Waals surface area contributed by atoms with E-state index in [-0.39, 0.29) is 11.7 Å². The van der Waals surface area contributed by atoms with Crippen LogP contribution in [-0.2, 0) is 24.2 Å². The van der Waals surface area contributed by atoms with E-state index in [9.17, 15) is 14.0 Å². The fourth-order valence-corrected chi connectivity index (χ4v) is 5.80. The van der Waals surface area contributed by atoms with E-state index in [1.165, 1.54) is 29.2 Å². The van der Waals surface area contributed by atoms with Gasteiger partial charge in [0.25, 0.3) is 5.91 Å². The van der Waals surface area contributed by atoms with Gasteiger partial charge in [-0.25, -0.2) is 4.39 Å². The number of hydrogen-bond acceptors (Lipinski definition) is 6. The number of fused-ring (bicyclic) bond motifs is 1. The number of primary amides is 1. The summed E-state index contributed by atoms with van der Waals surface area (Å²) in [4.78, 5) is 25.8. The standard InChI is InChI=1S/C22H22FN5O2S2/c1-2-11-28-20(13-7-3-5-9-15(13)23)26-27-22(28)31-12-17(29)25-21-18(19(24)30)14-8-4-6-10-16(14)32-21/h2-3,5,7,9H,1,4,6,8,10-12H2,(H2,24,30)(H,25,29). The SMILES string of the molecule is C=CCn1c(SCC(=O)Nc2sc3c(c2C(N)=O)CCCC3)nnc1-c1ccccc1F. The van der Waals surface area contributed by atoms with Crippen LogP contribution in [0.3, 0.4) is 0 Å². The highest BCUT2D eigenvalue weighted by Crippen LogP contribution is 2.38. The van der Waals surface area contributed by atoms with Gasteiger partial charge in [-0.15, -0.1) is 28.1 Å². The average molecular weight is 472 g/mol. The Morgan fingerprint density at radius 2 is 2.06 bits per heavy atom. The number of allylic oxidation sites excluding steroid dienone is 1. The predicted molar refractivity (Wildman–Crippen MR) is 124 cm³/mol. The van der Waals surface area contributed by atoms with E-state index in [4.69, 9.17) is 5.73 Å². The largest absolute Gasteiger partial charge is 0.365 e. The number of hydrogen-bond donors (Lipinski definition) is 2. The van der Waals surface area contributed by atoms with Crippen molar-refractivity contribution in [1.82, 2.24) is 14.8 Å². The summed E-state index contributed by atoms with van der Waals surface area (Å²) in [5, 5.41) is 12.1. The molecule has 0 unspecified atom stereocenters. The van der Waals surface area contributed by atoms with E-state index < -0.39 is 11.7 Å². The molecule has 2 aromatic heterocycles. The number of nitrogens with zero attached hydrogens (tertiary/aromatic N) is 3. The Hall–Kier alpha value is -2.98. The first-order chi connectivity index (χ1) is 15.5. The Morgan fingerprint density at radius 1 is 1.28 bits per heavy atom. The van der Waals surface area contributed by atoms with Crippen LogP contribution in [0.5, 0.6) is 0 Å². The Labute approximate surface area is 192 Å². The lowest BCUT2D eigenvalue weighted by atomic mass is 9.95. The Bertz CT molecular complexity index is 1190. The topological polar surface area (TPSA) is 103 Å². The molecule has 0 saturated heterocycles. The Balaban J connectivity index is 1.51. The summed E-state index contributed by atoms with van der Waals surface area (Å²) in [5.41, 5.74) is 7.32. The summed E-state index contributed by atoms with van der Waals surface area (Å²) < 4.78 is 16.0. The van der Waals surface area contributed by atoms with Gasteiger partial charge in [0.2, 0.25) is 5.91 Å². The predicted octanol–water partition coefficient (Wildman–Crippen LogP) is 4.04. The van der Waals surface area contributed by atoms with Gasteiger partial charge in [-0.1, -0.05) is 30.0 Å². The molecular formula is C22H22FN5O2S2. The second-order valence-corrected chi connectivity index (χ2v) is 9.35. The number of nitrogens with one attached hydrogen (secondary N) is 1. The maximum Gasteiger partial charge on any atom is 0.251 e. The van der Waals surface area contributed by atoms with E-state index in [2.05, 4.69) is 22.1 Å². The van der Waals surface area contributed by atoms with Gasteiger partial charge in [0.15, 0.2) is 11.0 Å². The molecule has 0 atom stereocenters. The molecule has 2 amide bonds. The number of halogens is 1. The van der Waals surface area contributed by atoms with E-state index in [1.807, 2.05) is 0 Å². The van der Waals surface area contributed by atoms with Gasteiger partial charge in [0.1, 0.15) is 10.8 Å². The van der Waals surface area contributed by atoms with Crippen LogP contribution in [0, 0.1) is 5.82 Å². The number of carbonyl (C=O) groups excluding carboxylic acids is 2. The highest BCUT2D eigenvalue weighted by atomic mass is 32.2. The molecule has 4 rings (SSSR count). The van der Waals surface area contributed by atoms with Crippen LogP contribution in [0.1, 0.15) is 33.6 Å². The maximum absolute atomic E-state index is 14.2. The van der Waals surface area contributed by atoms with Crippen molar-refractivity contribution in [3.63, 3.8) is 0 Å². The lowest BCUT2D eigenvalue weighted by Gasteiger charge is -2.11. The summed E-state index contributed by atoms with van der Waals surface area (Å²) in [6, 6.07) is 6.32. The third-order valence-corrected chi connectivity index (χ3v) is 7.32. The van der Waals surface area contributed by atoms with E-state index in [0.717, 1.165) is 36.1 Å². The smallest absolute Gasteiger partial charge is 0.251 e. The van der Waals surface area contributed by atoms with Crippen molar-refractivity contribution < 1.29 is 14.0 Å². The van der Waals surface area contributed by atoms with Crippen LogP contribution < -0.4 is 11.1 Å². The van der Waals surface area contributed by atoms with Crippen LogP contribution in [0.2, 0.25) is 0 Å². The van der Waals surface area contributed by atoms with Gasteiger partial charge in [0, 0.05) is 11.4 Å². The minimum absolute atomic E-state index is 0.0489. The van der Waals surface area contributed by atoms with Crippen molar-refractivity contribution in [3.8, 4) is 11.4 Å². The van der Waals surface area contributed by atoms with Crippen molar-refractivity contribution in [2.24, 2.45) is 5.73 Å². The van der Waals surface area contributed by atoms with Crippen LogP contribution in [0.25, 0.3) is 11.4 Å². The molecule has 166 valence electrons. The average Bonchev–Trinajstić information content (AvgIpc) is 3.33.